The van der Waals surface area contributed by atoms with Gasteiger partial charge in [0.15, 0.2) is 11.5 Å². The van der Waals surface area contributed by atoms with Gasteiger partial charge in [-0.15, -0.1) is 0 Å². The normalized spacial score (nSPS) is 14.4. The van der Waals surface area contributed by atoms with Crippen LogP contribution in [0.4, 0.5) is 11.5 Å². The Hall–Kier alpha value is -3.99. The minimum absolute atomic E-state index is 0.107. The topological polar surface area (TPSA) is 96.3 Å². The van der Waals surface area contributed by atoms with Crippen molar-refractivity contribution >= 4 is 23.1 Å². The average molecular weight is 544 g/mol. The highest BCUT2D eigenvalue weighted by atomic mass is 16.5. The van der Waals surface area contributed by atoms with Crippen LogP contribution in [0, 0.1) is 6.92 Å². The highest BCUT2D eigenvalue weighted by Crippen LogP contribution is 2.27. The van der Waals surface area contributed by atoms with E-state index in [9.17, 15) is 4.79 Å². The van der Waals surface area contributed by atoms with E-state index < -0.39 is 0 Å². The molecule has 0 aliphatic carbocycles. The highest BCUT2D eigenvalue weighted by Gasteiger charge is 2.14. The van der Waals surface area contributed by atoms with Gasteiger partial charge < -0.3 is 25.0 Å². The van der Waals surface area contributed by atoms with Gasteiger partial charge in [0.05, 0.1) is 32.2 Å². The van der Waals surface area contributed by atoms with Gasteiger partial charge in [0.1, 0.15) is 5.75 Å². The van der Waals surface area contributed by atoms with Crippen molar-refractivity contribution in [2.24, 2.45) is 0 Å². The van der Waals surface area contributed by atoms with E-state index in [0.29, 0.717) is 36.8 Å². The van der Waals surface area contributed by atoms with Crippen molar-refractivity contribution in [1.29, 1.82) is 0 Å². The number of likely N-dealkylation sites (N-methyl/N-ethyl adjacent to an activating group) is 1. The van der Waals surface area contributed by atoms with E-state index >= 15 is 0 Å². The summed E-state index contributed by atoms with van der Waals surface area (Å²) in [5.41, 5.74) is 5.02. The molecule has 210 valence electrons. The Balaban J connectivity index is 1.15. The molecule has 40 heavy (non-hydrogen) atoms. The largest absolute Gasteiger partial charge is 0.497 e. The van der Waals surface area contributed by atoms with E-state index in [1.165, 1.54) is 0 Å². The number of imidazole rings is 1. The fourth-order valence-electron chi connectivity index (χ4n) is 4.81. The van der Waals surface area contributed by atoms with Crippen LogP contribution in [0.15, 0.2) is 61.1 Å². The number of carbonyl (C=O) groups is 1. The number of aryl methyl sites for hydroxylation is 1. The molecule has 1 fully saturated rings. The second kappa shape index (κ2) is 12.9. The van der Waals surface area contributed by atoms with Gasteiger partial charge in [-0.2, -0.15) is 0 Å². The van der Waals surface area contributed by atoms with Crippen LogP contribution in [0.3, 0.4) is 0 Å². The van der Waals surface area contributed by atoms with Crippen molar-refractivity contribution in [3.8, 4) is 17.0 Å². The van der Waals surface area contributed by atoms with Crippen molar-refractivity contribution in [1.82, 2.24) is 29.5 Å². The van der Waals surface area contributed by atoms with Gasteiger partial charge >= 0.3 is 0 Å². The molecular weight excluding hydrogens is 506 g/mol. The van der Waals surface area contributed by atoms with E-state index in [1.54, 1.807) is 13.3 Å². The zero-order valence-electron chi connectivity index (χ0n) is 23.4. The van der Waals surface area contributed by atoms with Crippen LogP contribution in [-0.4, -0.2) is 96.7 Å². The molecular formula is C30H37N7O3. The Morgan fingerprint density at radius 3 is 2.58 bits per heavy atom. The van der Waals surface area contributed by atoms with Crippen LogP contribution in [0.5, 0.6) is 5.75 Å². The number of aromatic nitrogens is 3. The summed E-state index contributed by atoms with van der Waals surface area (Å²) in [6.45, 7) is 8.88. The van der Waals surface area contributed by atoms with Crippen LogP contribution in [-0.2, 0) is 4.74 Å². The number of ether oxygens (including phenoxy) is 2. The molecule has 0 saturated carbocycles. The zero-order valence-corrected chi connectivity index (χ0v) is 23.4. The summed E-state index contributed by atoms with van der Waals surface area (Å²) >= 11 is 0. The molecule has 0 radical (unpaired) electrons. The van der Waals surface area contributed by atoms with E-state index in [-0.39, 0.29) is 5.91 Å². The quantitative estimate of drug-likeness (QED) is 0.278. The maximum atomic E-state index is 12.8. The van der Waals surface area contributed by atoms with Crippen molar-refractivity contribution in [3.63, 3.8) is 0 Å². The maximum absolute atomic E-state index is 12.8. The first-order chi connectivity index (χ1) is 19.5. The molecule has 10 heteroatoms. The molecule has 1 aliphatic rings. The third-order valence-electron chi connectivity index (χ3n) is 7.23. The van der Waals surface area contributed by atoms with Gasteiger partial charge in [-0.3, -0.25) is 14.1 Å². The van der Waals surface area contributed by atoms with E-state index in [2.05, 4.69) is 37.4 Å². The minimum Gasteiger partial charge on any atom is -0.497 e. The molecule has 0 unspecified atom stereocenters. The first kappa shape index (κ1) is 27.6. The first-order valence-corrected chi connectivity index (χ1v) is 13.6. The second-order valence-electron chi connectivity index (χ2n) is 10.0. The number of benzene rings is 2. The SMILES string of the molecule is COc1ccc(-c2cnc3c(Nc4ccc(C(=O)NCCOCCN5CCN(C)CC5)c(C)c4)nccn23)cc1. The number of amides is 1. The summed E-state index contributed by atoms with van der Waals surface area (Å²) in [6, 6.07) is 13.5. The second-order valence-corrected chi connectivity index (χ2v) is 10.0. The summed E-state index contributed by atoms with van der Waals surface area (Å²) < 4.78 is 13.0. The molecule has 1 amide bonds. The van der Waals surface area contributed by atoms with Gasteiger partial charge in [-0.1, -0.05) is 0 Å². The molecule has 4 aromatic rings. The lowest BCUT2D eigenvalue weighted by molar-refractivity contribution is 0.0783. The standard InChI is InChI=1S/C30H37N7O3/c1-22-20-24(6-9-26(22)30(38)32-11-18-40-19-17-36-15-13-35(2)14-16-36)34-28-29-33-21-27(37(29)12-10-31-28)23-4-7-25(39-3)8-5-23/h4-10,12,20-21H,11,13-19H2,1-3H3,(H,31,34)(H,32,38). The summed E-state index contributed by atoms with van der Waals surface area (Å²) in [4.78, 5) is 26.6. The Bertz CT molecular complexity index is 1430. The molecule has 0 bridgehead atoms. The van der Waals surface area contributed by atoms with Crippen molar-refractivity contribution in [3.05, 3.63) is 72.2 Å². The molecule has 0 atom stereocenters. The van der Waals surface area contributed by atoms with Gasteiger partial charge in [-0.25, -0.2) is 9.97 Å². The number of methoxy groups -OCH3 is 1. The van der Waals surface area contributed by atoms with Crippen LogP contribution in [0.25, 0.3) is 16.9 Å². The van der Waals surface area contributed by atoms with Gasteiger partial charge in [0.2, 0.25) is 0 Å². The Morgan fingerprint density at radius 2 is 1.82 bits per heavy atom. The smallest absolute Gasteiger partial charge is 0.251 e. The number of piperazine rings is 1. The van der Waals surface area contributed by atoms with Gasteiger partial charge in [-0.05, 0) is 62.0 Å². The third-order valence-corrected chi connectivity index (χ3v) is 7.23. The van der Waals surface area contributed by atoms with Crippen molar-refractivity contribution < 1.29 is 14.3 Å². The third kappa shape index (κ3) is 6.59. The summed E-state index contributed by atoms with van der Waals surface area (Å²) in [5.74, 6) is 1.33. The monoisotopic (exact) mass is 543 g/mol. The number of hydrogen-bond acceptors (Lipinski definition) is 8. The van der Waals surface area contributed by atoms with Crippen molar-refractivity contribution in [2.75, 3.05) is 72.0 Å². The molecule has 5 rings (SSSR count). The van der Waals surface area contributed by atoms with Crippen LogP contribution in [0.1, 0.15) is 15.9 Å². The van der Waals surface area contributed by atoms with Crippen LogP contribution in [0.2, 0.25) is 0 Å². The lowest BCUT2D eigenvalue weighted by Crippen LogP contribution is -2.45. The predicted octanol–water partition coefficient (Wildman–Crippen LogP) is 3.45. The van der Waals surface area contributed by atoms with Crippen LogP contribution < -0.4 is 15.4 Å². The average Bonchev–Trinajstić information content (AvgIpc) is 3.41. The van der Waals surface area contributed by atoms with E-state index in [0.717, 1.165) is 61.0 Å². The zero-order chi connectivity index (χ0) is 27.9. The molecule has 0 spiro atoms. The molecule has 2 N–H and O–H groups in total. The molecule has 2 aromatic heterocycles. The minimum atomic E-state index is -0.107. The number of nitrogens with one attached hydrogen (secondary N) is 2. The number of anilines is 2. The van der Waals surface area contributed by atoms with Gasteiger partial charge in [0.25, 0.3) is 5.91 Å². The predicted molar refractivity (Wildman–Crippen MR) is 157 cm³/mol. The molecule has 10 nitrogen and oxygen atoms in total. The molecule has 3 heterocycles. The van der Waals surface area contributed by atoms with Gasteiger partial charge in [0, 0.05) is 68.5 Å². The fourth-order valence-corrected chi connectivity index (χ4v) is 4.81. The highest BCUT2D eigenvalue weighted by molar-refractivity contribution is 5.96. The number of rotatable bonds is 11. The Kier molecular flexibility index (Phi) is 8.90. The maximum Gasteiger partial charge on any atom is 0.251 e. The molecule has 1 saturated heterocycles. The molecule has 2 aromatic carbocycles. The van der Waals surface area contributed by atoms with E-state index in [4.69, 9.17) is 9.47 Å². The first-order valence-electron chi connectivity index (χ1n) is 13.6. The molecule has 1 aliphatic heterocycles. The number of nitrogens with zero attached hydrogens (tertiary/aromatic N) is 5. The Labute approximate surface area is 234 Å². The summed E-state index contributed by atoms with van der Waals surface area (Å²) in [6.07, 6.45) is 5.46. The number of fused-ring (bicyclic) bond motifs is 1. The van der Waals surface area contributed by atoms with Crippen LogP contribution >= 0.6 is 0 Å². The number of carbonyl (C=O) groups excluding carboxylic acids is 1. The number of hydrogen-bond donors (Lipinski definition) is 2. The lowest BCUT2D eigenvalue weighted by atomic mass is 10.1. The van der Waals surface area contributed by atoms with Crippen molar-refractivity contribution in [2.45, 2.75) is 6.92 Å². The van der Waals surface area contributed by atoms with E-state index in [1.807, 2.05) is 66.2 Å². The summed E-state index contributed by atoms with van der Waals surface area (Å²) in [7, 11) is 3.81. The Morgan fingerprint density at radius 1 is 1.02 bits per heavy atom. The summed E-state index contributed by atoms with van der Waals surface area (Å²) in [5, 5.41) is 6.32. The lowest BCUT2D eigenvalue weighted by Gasteiger charge is -2.32. The fraction of sp³-hybridized carbons (Fsp3) is 0.367.